The Labute approximate surface area is 161 Å². The Morgan fingerprint density at radius 2 is 1.78 bits per heavy atom. The normalized spacial score (nSPS) is 26.6. The highest BCUT2D eigenvalue weighted by Crippen LogP contribution is 2.33. The van der Waals surface area contributed by atoms with Gasteiger partial charge in [-0.3, -0.25) is 9.80 Å². The minimum atomic E-state index is 0.298. The number of rotatable bonds is 4. The fraction of sp³-hybridized carbons (Fsp3) is 0.636. The van der Waals surface area contributed by atoms with Gasteiger partial charge in [-0.15, -0.1) is 10.2 Å². The van der Waals surface area contributed by atoms with Gasteiger partial charge in [0, 0.05) is 37.6 Å². The van der Waals surface area contributed by atoms with Gasteiger partial charge in [0.05, 0.1) is 6.54 Å². The molecule has 4 aliphatic rings. The summed E-state index contributed by atoms with van der Waals surface area (Å²) >= 11 is 0. The number of aromatic nitrogens is 2. The van der Waals surface area contributed by atoms with Gasteiger partial charge in [-0.2, -0.15) is 0 Å². The van der Waals surface area contributed by atoms with Crippen LogP contribution in [0, 0.1) is 5.92 Å². The van der Waals surface area contributed by atoms with Crippen LogP contribution in [0.3, 0.4) is 0 Å². The van der Waals surface area contributed by atoms with Crippen LogP contribution in [0.2, 0.25) is 0 Å². The van der Waals surface area contributed by atoms with Crippen LogP contribution in [0.15, 0.2) is 28.7 Å². The highest BCUT2D eigenvalue weighted by atomic mass is 16.4. The smallest absolute Gasteiger partial charge is 0.230 e. The molecule has 0 saturated carbocycles. The molecular weight excluding hydrogens is 336 g/mol. The van der Waals surface area contributed by atoms with Crippen molar-refractivity contribution in [2.24, 2.45) is 5.92 Å². The van der Waals surface area contributed by atoms with Gasteiger partial charge in [-0.25, -0.2) is 0 Å². The summed E-state index contributed by atoms with van der Waals surface area (Å²) in [6.45, 7) is 8.60. The molecule has 0 spiro atoms. The number of piperidine rings is 1. The van der Waals surface area contributed by atoms with E-state index < -0.39 is 0 Å². The van der Waals surface area contributed by atoms with E-state index in [0.717, 1.165) is 24.2 Å². The van der Waals surface area contributed by atoms with Gasteiger partial charge in [0.2, 0.25) is 11.8 Å². The van der Waals surface area contributed by atoms with Crippen molar-refractivity contribution in [1.82, 2.24) is 20.0 Å². The van der Waals surface area contributed by atoms with Crippen LogP contribution in [-0.2, 0) is 19.4 Å². The van der Waals surface area contributed by atoms with Crippen LogP contribution >= 0.6 is 0 Å². The van der Waals surface area contributed by atoms with E-state index in [1.165, 1.54) is 45.3 Å². The first-order valence-electron chi connectivity index (χ1n) is 10.5. The minimum Gasteiger partial charge on any atom is -0.424 e. The predicted octanol–water partition coefficient (Wildman–Crippen LogP) is 3.26. The highest BCUT2D eigenvalue weighted by molar-refractivity contribution is 5.33. The first-order chi connectivity index (χ1) is 13.2. The molecule has 2 bridgehead atoms. The Morgan fingerprint density at radius 3 is 2.48 bits per heavy atom. The summed E-state index contributed by atoms with van der Waals surface area (Å²) in [6.07, 6.45) is 5.10. The lowest BCUT2D eigenvalue weighted by atomic mass is 9.95. The fourth-order valence-electron chi connectivity index (χ4n) is 5.24. The molecule has 1 aromatic carbocycles. The minimum absolute atomic E-state index is 0.298. The third-order valence-electron chi connectivity index (χ3n) is 6.72. The largest absolute Gasteiger partial charge is 0.424 e. The third kappa shape index (κ3) is 3.43. The molecule has 0 amide bonds. The molecule has 144 valence electrons. The first-order valence-corrected chi connectivity index (χ1v) is 10.5. The Hall–Kier alpha value is -1.72. The second-order valence-electron chi connectivity index (χ2n) is 9.00. The number of hydrogen-bond acceptors (Lipinski definition) is 5. The quantitative estimate of drug-likeness (QED) is 0.831. The van der Waals surface area contributed by atoms with Crippen molar-refractivity contribution >= 4 is 0 Å². The molecular formula is C22H30N4O. The van der Waals surface area contributed by atoms with E-state index in [2.05, 4.69) is 58.1 Å². The average molecular weight is 367 g/mol. The highest BCUT2D eigenvalue weighted by Gasteiger charge is 2.38. The van der Waals surface area contributed by atoms with Crippen molar-refractivity contribution in [3.63, 3.8) is 0 Å². The molecule has 3 saturated heterocycles. The molecule has 27 heavy (non-hydrogen) atoms. The van der Waals surface area contributed by atoms with Gasteiger partial charge < -0.3 is 4.42 Å². The summed E-state index contributed by atoms with van der Waals surface area (Å²) in [6, 6.07) is 10.3. The molecule has 1 aliphatic carbocycles. The van der Waals surface area contributed by atoms with E-state index in [-0.39, 0.29) is 0 Å². The molecule has 0 N–H and O–H groups in total. The van der Waals surface area contributed by atoms with Gasteiger partial charge in [0.15, 0.2) is 0 Å². The Morgan fingerprint density at radius 1 is 1.00 bits per heavy atom. The summed E-state index contributed by atoms with van der Waals surface area (Å²) in [5.74, 6) is 2.60. The molecule has 3 fully saturated rings. The lowest BCUT2D eigenvalue weighted by Crippen LogP contribution is -2.44. The lowest BCUT2D eigenvalue weighted by molar-refractivity contribution is 0.109. The Bertz CT molecular complexity index is 776. The van der Waals surface area contributed by atoms with Crippen LogP contribution in [0.1, 0.15) is 55.5 Å². The topological polar surface area (TPSA) is 45.4 Å². The third-order valence-corrected chi connectivity index (χ3v) is 6.72. The molecule has 6 rings (SSSR count). The maximum atomic E-state index is 5.89. The van der Waals surface area contributed by atoms with Gasteiger partial charge in [-0.1, -0.05) is 38.1 Å². The number of fused-ring (bicyclic) bond motifs is 5. The van der Waals surface area contributed by atoms with Crippen LogP contribution in [0.25, 0.3) is 0 Å². The molecule has 2 atom stereocenters. The van der Waals surface area contributed by atoms with Crippen molar-refractivity contribution in [3.8, 4) is 0 Å². The molecule has 4 heterocycles. The van der Waals surface area contributed by atoms with E-state index in [1.807, 2.05) is 0 Å². The zero-order valence-corrected chi connectivity index (χ0v) is 16.5. The maximum Gasteiger partial charge on any atom is 0.230 e. The fourth-order valence-corrected chi connectivity index (χ4v) is 5.24. The first kappa shape index (κ1) is 17.4. The van der Waals surface area contributed by atoms with Crippen LogP contribution in [-0.4, -0.2) is 51.7 Å². The number of benzene rings is 1. The molecule has 1 aromatic heterocycles. The monoisotopic (exact) mass is 366 g/mol. The standard InChI is InChI=1S/C22H30N4O/c1-15(2)22-24-23-21(27-22)14-26-12-16-7-8-19(26)13-25(11-16)20-9-17-5-3-4-6-18(17)10-20/h3-6,15-16,19-20H,7-14H2,1-2H3/t16-,19+/m0/s1. The maximum absolute atomic E-state index is 5.89. The van der Waals surface area contributed by atoms with Crippen molar-refractivity contribution in [1.29, 1.82) is 0 Å². The lowest BCUT2D eigenvalue weighted by Gasteiger charge is -2.35. The second-order valence-corrected chi connectivity index (χ2v) is 9.00. The van der Waals surface area contributed by atoms with Gasteiger partial charge in [-0.05, 0) is 42.7 Å². The Kier molecular flexibility index (Phi) is 4.52. The van der Waals surface area contributed by atoms with Crippen LogP contribution in [0.5, 0.6) is 0 Å². The SMILES string of the molecule is CC(C)c1nnc(CN2C[C@H]3CC[C@@H]2CN(C2Cc4ccccc4C2)C3)o1. The van der Waals surface area contributed by atoms with E-state index in [1.54, 1.807) is 11.1 Å². The molecule has 2 aromatic rings. The Balaban J connectivity index is 1.28. The van der Waals surface area contributed by atoms with Gasteiger partial charge >= 0.3 is 0 Å². The zero-order valence-electron chi connectivity index (χ0n) is 16.5. The zero-order chi connectivity index (χ0) is 18.4. The van der Waals surface area contributed by atoms with Crippen molar-refractivity contribution in [2.45, 2.75) is 64.1 Å². The summed E-state index contributed by atoms with van der Waals surface area (Å²) in [7, 11) is 0. The second kappa shape index (κ2) is 7.02. The van der Waals surface area contributed by atoms with Crippen LogP contribution < -0.4 is 0 Å². The predicted molar refractivity (Wildman–Crippen MR) is 105 cm³/mol. The van der Waals surface area contributed by atoms with Gasteiger partial charge in [0.1, 0.15) is 0 Å². The summed E-state index contributed by atoms with van der Waals surface area (Å²) in [5, 5.41) is 8.51. The number of nitrogens with zero attached hydrogens (tertiary/aromatic N) is 4. The van der Waals surface area contributed by atoms with E-state index in [0.29, 0.717) is 18.0 Å². The summed E-state index contributed by atoms with van der Waals surface area (Å²) < 4.78 is 5.89. The summed E-state index contributed by atoms with van der Waals surface area (Å²) in [4.78, 5) is 5.39. The number of hydrogen-bond donors (Lipinski definition) is 0. The molecule has 0 radical (unpaired) electrons. The molecule has 5 nitrogen and oxygen atoms in total. The van der Waals surface area contributed by atoms with Gasteiger partial charge in [0.25, 0.3) is 0 Å². The van der Waals surface area contributed by atoms with Crippen molar-refractivity contribution in [2.75, 3.05) is 19.6 Å². The molecule has 5 heteroatoms. The van der Waals surface area contributed by atoms with E-state index in [4.69, 9.17) is 4.42 Å². The molecule has 3 aliphatic heterocycles. The van der Waals surface area contributed by atoms with Crippen molar-refractivity contribution in [3.05, 3.63) is 47.2 Å². The van der Waals surface area contributed by atoms with E-state index in [9.17, 15) is 0 Å². The summed E-state index contributed by atoms with van der Waals surface area (Å²) in [5.41, 5.74) is 3.12. The average Bonchev–Trinajstić information content (AvgIpc) is 3.21. The van der Waals surface area contributed by atoms with Crippen molar-refractivity contribution < 1.29 is 4.42 Å². The molecule has 0 unspecified atom stereocenters. The van der Waals surface area contributed by atoms with Crippen LogP contribution in [0.4, 0.5) is 0 Å². The van der Waals surface area contributed by atoms with E-state index >= 15 is 0 Å².